The number of aryl methyl sites for hydroxylation is 1. The van der Waals surface area contributed by atoms with Crippen molar-refractivity contribution >= 4 is 20.9 Å². The third kappa shape index (κ3) is 9.43. The van der Waals surface area contributed by atoms with E-state index in [1.807, 2.05) is 24.3 Å². The van der Waals surface area contributed by atoms with Crippen molar-refractivity contribution in [3.63, 3.8) is 0 Å². The van der Waals surface area contributed by atoms with Gasteiger partial charge in [0.2, 0.25) is 0 Å². The van der Waals surface area contributed by atoms with Gasteiger partial charge in [0, 0.05) is 5.39 Å². The number of ether oxygens (including phenoxy) is 1. The van der Waals surface area contributed by atoms with E-state index < -0.39 is 10.1 Å². The minimum Gasteiger partial charge on any atom is -0.744 e. The van der Waals surface area contributed by atoms with Crippen LogP contribution in [0.3, 0.4) is 0 Å². The molecule has 0 aliphatic carbocycles. The van der Waals surface area contributed by atoms with Crippen molar-refractivity contribution in [1.29, 1.82) is 0 Å². The molecule has 6 heteroatoms. The van der Waals surface area contributed by atoms with E-state index in [9.17, 15) is 13.0 Å². The molecule has 0 fully saturated rings. The standard InChI is InChI=1S/C25H38O4S.Na/c1-3-4-5-6-7-8-9-10-11-12-13-14-17-21-20-24(30(26,27)28)25(29-2)23-19-16-15-18-22(21)23;/h15-16,18-20H,3-14,17H2,1-2H3,(H,26,27,28);/q;+1/p-1. The van der Waals surface area contributed by atoms with Crippen molar-refractivity contribution in [3.8, 4) is 5.75 Å². The maximum Gasteiger partial charge on any atom is 1.00 e. The van der Waals surface area contributed by atoms with Crippen LogP contribution in [0.15, 0.2) is 35.2 Å². The van der Waals surface area contributed by atoms with Gasteiger partial charge in [0.25, 0.3) is 0 Å². The molecule has 0 N–H and O–H groups in total. The van der Waals surface area contributed by atoms with E-state index in [1.54, 1.807) is 0 Å². The molecule has 0 radical (unpaired) electrons. The van der Waals surface area contributed by atoms with Gasteiger partial charge in [-0.3, -0.25) is 0 Å². The van der Waals surface area contributed by atoms with Gasteiger partial charge in [0.05, 0.1) is 12.0 Å². The maximum atomic E-state index is 11.7. The number of hydrogen-bond donors (Lipinski definition) is 0. The Morgan fingerprint density at radius 2 is 1.29 bits per heavy atom. The van der Waals surface area contributed by atoms with Crippen LogP contribution in [0.5, 0.6) is 5.75 Å². The van der Waals surface area contributed by atoms with Crippen LogP contribution in [0.1, 0.15) is 89.5 Å². The minimum absolute atomic E-state index is 0. The van der Waals surface area contributed by atoms with Crippen molar-refractivity contribution in [2.45, 2.75) is 95.3 Å². The van der Waals surface area contributed by atoms with Gasteiger partial charge in [-0.05, 0) is 29.9 Å². The number of hydrogen-bond acceptors (Lipinski definition) is 4. The Morgan fingerprint density at radius 3 is 1.77 bits per heavy atom. The zero-order valence-corrected chi connectivity index (χ0v) is 22.4. The molecule has 0 unspecified atom stereocenters. The summed E-state index contributed by atoms with van der Waals surface area (Å²) in [5.41, 5.74) is 0.910. The summed E-state index contributed by atoms with van der Waals surface area (Å²) in [5.74, 6) is 0.152. The molecular formula is C25H37NaO4S. The van der Waals surface area contributed by atoms with Crippen LogP contribution in [0.25, 0.3) is 10.8 Å². The largest absolute Gasteiger partial charge is 1.00 e. The fourth-order valence-corrected chi connectivity index (χ4v) is 4.86. The van der Waals surface area contributed by atoms with Crippen LogP contribution >= 0.6 is 0 Å². The second-order valence-electron chi connectivity index (χ2n) is 8.21. The van der Waals surface area contributed by atoms with Gasteiger partial charge in [-0.2, -0.15) is 0 Å². The zero-order valence-electron chi connectivity index (χ0n) is 19.6. The molecule has 0 heterocycles. The SMILES string of the molecule is CCCCCCCCCCCCCCc1cc(S(=O)(=O)[O-])c(OC)c2ccccc12.[Na+]. The predicted molar refractivity (Wildman–Crippen MR) is 123 cm³/mol. The number of methoxy groups -OCH3 is 1. The van der Waals surface area contributed by atoms with E-state index in [0.29, 0.717) is 5.39 Å². The topological polar surface area (TPSA) is 66.4 Å². The molecule has 2 aromatic rings. The van der Waals surface area contributed by atoms with Crippen LogP contribution in [0.2, 0.25) is 0 Å². The molecule has 2 rings (SSSR count). The first-order chi connectivity index (χ1) is 14.5. The first-order valence-corrected chi connectivity index (χ1v) is 12.9. The Morgan fingerprint density at radius 1 is 0.806 bits per heavy atom. The first-order valence-electron chi connectivity index (χ1n) is 11.5. The minimum atomic E-state index is -4.59. The van der Waals surface area contributed by atoms with Crippen LogP contribution in [0, 0.1) is 0 Å². The second-order valence-corrected chi connectivity index (χ2v) is 9.55. The monoisotopic (exact) mass is 456 g/mol. The third-order valence-corrected chi connectivity index (χ3v) is 6.66. The van der Waals surface area contributed by atoms with Gasteiger partial charge in [0.1, 0.15) is 15.9 Å². The Bertz CT molecular complexity index is 880. The molecule has 168 valence electrons. The molecule has 0 aliphatic heterocycles. The normalized spacial score (nSPS) is 11.5. The summed E-state index contributed by atoms with van der Waals surface area (Å²) in [6.45, 7) is 2.25. The van der Waals surface area contributed by atoms with Crippen molar-refractivity contribution in [2.24, 2.45) is 0 Å². The van der Waals surface area contributed by atoms with Crippen molar-refractivity contribution in [2.75, 3.05) is 7.11 Å². The fourth-order valence-electron chi connectivity index (χ4n) is 4.15. The molecule has 0 bridgehead atoms. The summed E-state index contributed by atoms with van der Waals surface area (Å²) >= 11 is 0. The number of rotatable bonds is 15. The van der Waals surface area contributed by atoms with Crippen molar-refractivity contribution in [3.05, 3.63) is 35.9 Å². The molecule has 4 nitrogen and oxygen atoms in total. The van der Waals surface area contributed by atoms with Gasteiger partial charge < -0.3 is 9.29 Å². The smallest absolute Gasteiger partial charge is 0.744 e. The Labute approximate surface area is 211 Å². The van der Waals surface area contributed by atoms with Gasteiger partial charge in [0.15, 0.2) is 0 Å². The quantitative estimate of drug-likeness (QED) is 0.231. The third-order valence-electron chi connectivity index (χ3n) is 5.82. The molecule has 2 aromatic carbocycles. The Balaban J connectivity index is 0.00000480. The van der Waals surface area contributed by atoms with Crippen LogP contribution in [-0.2, 0) is 16.5 Å². The number of benzene rings is 2. The van der Waals surface area contributed by atoms with E-state index in [4.69, 9.17) is 4.74 Å². The average molecular weight is 457 g/mol. The van der Waals surface area contributed by atoms with Crippen molar-refractivity contribution < 1.29 is 47.3 Å². The first kappa shape index (κ1) is 28.4. The Hall–Kier alpha value is -0.590. The predicted octanol–water partition coefficient (Wildman–Crippen LogP) is 4.00. The molecule has 31 heavy (non-hydrogen) atoms. The number of fused-ring (bicyclic) bond motifs is 1. The molecule has 0 atom stereocenters. The van der Waals surface area contributed by atoms with Crippen LogP contribution < -0.4 is 34.3 Å². The second kappa shape index (κ2) is 15.3. The molecule has 0 amide bonds. The van der Waals surface area contributed by atoms with Gasteiger partial charge in [-0.15, -0.1) is 0 Å². The fraction of sp³-hybridized carbons (Fsp3) is 0.600. The van der Waals surface area contributed by atoms with Gasteiger partial charge >= 0.3 is 29.6 Å². The van der Waals surface area contributed by atoms with Crippen LogP contribution in [0.4, 0.5) is 0 Å². The molecule has 0 saturated heterocycles. The van der Waals surface area contributed by atoms with E-state index >= 15 is 0 Å². The number of unbranched alkanes of at least 4 members (excludes halogenated alkanes) is 11. The summed E-state index contributed by atoms with van der Waals surface area (Å²) in [7, 11) is -3.19. The van der Waals surface area contributed by atoms with Gasteiger partial charge in [-0.25, -0.2) is 8.42 Å². The molecule has 0 saturated carbocycles. The van der Waals surface area contributed by atoms with Crippen LogP contribution in [-0.4, -0.2) is 20.1 Å². The van der Waals surface area contributed by atoms with E-state index in [0.717, 1.165) is 30.2 Å². The molecule has 0 aliphatic rings. The summed E-state index contributed by atoms with van der Waals surface area (Å²) in [4.78, 5) is -0.252. The summed E-state index contributed by atoms with van der Waals surface area (Å²) in [6.07, 6.45) is 16.1. The summed E-state index contributed by atoms with van der Waals surface area (Å²) < 4.78 is 40.5. The summed E-state index contributed by atoms with van der Waals surface area (Å²) in [6, 6.07) is 9.06. The van der Waals surface area contributed by atoms with E-state index in [1.165, 1.54) is 77.4 Å². The summed E-state index contributed by atoms with van der Waals surface area (Å²) in [5, 5.41) is 1.65. The zero-order chi connectivity index (χ0) is 21.8. The molecule has 0 aromatic heterocycles. The Kier molecular flexibility index (Phi) is 14.0. The van der Waals surface area contributed by atoms with Gasteiger partial charge in [-0.1, -0.05) is 102 Å². The maximum absolute atomic E-state index is 11.7. The van der Waals surface area contributed by atoms with E-state index in [-0.39, 0.29) is 40.2 Å². The average Bonchev–Trinajstić information content (AvgIpc) is 2.73. The molecular weight excluding hydrogens is 419 g/mol. The van der Waals surface area contributed by atoms with Crippen molar-refractivity contribution in [1.82, 2.24) is 0 Å². The van der Waals surface area contributed by atoms with E-state index in [2.05, 4.69) is 6.92 Å². The molecule has 0 spiro atoms.